The number of carbonyl (C=O) groups excluding carboxylic acids is 2. The van der Waals surface area contributed by atoms with Crippen molar-refractivity contribution in [3.05, 3.63) is 52.8 Å². The standard InChI is InChI=1S/C21H23ClN2O5S/c1-14-7-8-16(12-15(14)2)30(27,28)21(9-3-4-10-21)20(26)29-13-18(25)24-17-6-5-11-23-19(17)22/h5-8,11-12H,3-4,9-10,13H2,1-2H3,(H,24,25). The maximum atomic E-state index is 13.4. The molecule has 1 amide bonds. The van der Waals surface area contributed by atoms with E-state index < -0.39 is 33.1 Å². The van der Waals surface area contributed by atoms with Gasteiger partial charge in [-0.05, 0) is 62.1 Å². The smallest absolute Gasteiger partial charge is 0.328 e. The monoisotopic (exact) mass is 450 g/mol. The van der Waals surface area contributed by atoms with E-state index in [1.165, 1.54) is 12.3 Å². The third-order valence-corrected chi connectivity index (χ3v) is 8.23. The average molecular weight is 451 g/mol. The summed E-state index contributed by atoms with van der Waals surface area (Å²) in [6.45, 7) is 3.09. The van der Waals surface area contributed by atoms with Gasteiger partial charge in [-0.3, -0.25) is 9.59 Å². The first kappa shape index (κ1) is 22.2. The molecule has 0 aliphatic heterocycles. The highest BCUT2D eigenvalue weighted by Gasteiger charge is 2.54. The van der Waals surface area contributed by atoms with Gasteiger partial charge in [-0.15, -0.1) is 0 Å². The molecule has 0 spiro atoms. The Morgan fingerprint density at radius 2 is 1.87 bits per heavy atom. The van der Waals surface area contributed by atoms with Crippen molar-refractivity contribution in [3.8, 4) is 0 Å². The zero-order valence-corrected chi connectivity index (χ0v) is 18.3. The second-order valence-corrected chi connectivity index (χ2v) is 10.0. The normalized spacial score (nSPS) is 15.6. The molecule has 0 atom stereocenters. The number of carbonyl (C=O) groups is 2. The lowest BCUT2D eigenvalue weighted by Crippen LogP contribution is -2.46. The van der Waals surface area contributed by atoms with Crippen molar-refractivity contribution in [2.75, 3.05) is 11.9 Å². The highest BCUT2D eigenvalue weighted by Crippen LogP contribution is 2.41. The number of amides is 1. The molecule has 1 aromatic carbocycles. The number of nitrogens with zero attached hydrogens (tertiary/aromatic N) is 1. The van der Waals surface area contributed by atoms with E-state index in [0.717, 1.165) is 11.1 Å². The molecule has 2 aromatic rings. The summed E-state index contributed by atoms with van der Waals surface area (Å²) in [4.78, 5) is 29.0. The second-order valence-electron chi connectivity index (χ2n) is 7.42. The fraction of sp³-hybridized carbons (Fsp3) is 0.381. The molecule has 1 aromatic heterocycles. The molecule has 1 N–H and O–H groups in total. The first-order valence-electron chi connectivity index (χ1n) is 9.57. The van der Waals surface area contributed by atoms with Crippen LogP contribution in [-0.4, -0.2) is 36.6 Å². The summed E-state index contributed by atoms with van der Waals surface area (Å²) in [6.07, 6.45) is 2.99. The molecule has 0 unspecified atom stereocenters. The Bertz CT molecular complexity index is 1080. The quantitative estimate of drug-likeness (QED) is 0.532. The lowest BCUT2D eigenvalue weighted by molar-refractivity contribution is -0.149. The topological polar surface area (TPSA) is 102 Å². The maximum absolute atomic E-state index is 13.4. The molecule has 160 valence electrons. The lowest BCUT2D eigenvalue weighted by Gasteiger charge is -2.26. The number of hydrogen-bond donors (Lipinski definition) is 1. The van der Waals surface area contributed by atoms with Crippen molar-refractivity contribution in [1.29, 1.82) is 0 Å². The summed E-state index contributed by atoms with van der Waals surface area (Å²) >= 11 is 5.90. The largest absolute Gasteiger partial charge is 0.454 e. The molecule has 1 aliphatic carbocycles. The SMILES string of the molecule is Cc1ccc(S(=O)(=O)C2(C(=O)OCC(=O)Nc3cccnc3Cl)CCCC2)cc1C. The van der Waals surface area contributed by atoms with Crippen LogP contribution in [0.5, 0.6) is 0 Å². The van der Waals surface area contributed by atoms with Crippen molar-refractivity contribution in [2.24, 2.45) is 0 Å². The molecule has 9 heteroatoms. The van der Waals surface area contributed by atoms with Gasteiger partial charge in [-0.2, -0.15) is 0 Å². The number of pyridine rings is 1. The number of esters is 1. The molecule has 1 saturated carbocycles. The number of rotatable bonds is 6. The van der Waals surface area contributed by atoms with E-state index in [1.54, 1.807) is 24.3 Å². The molecular weight excluding hydrogens is 428 g/mol. The van der Waals surface area contributed by atoms with Crippen LogP contribution in [0.25, 0.3) is 0 Å². The number of anilines is 1. The third kappa shape index (κ3) is 4.20. The highest BCUT2D eigenvalue weighted by molar-refractivity contribution is 7.93. The van der Waals surface area contributed by atoms with Gasteiger partial charge in [0.2, 0.25) is 0 Å². The molecule has 1 fully saturated rings. The van der Waals surface area contributed by atoms with E-state index in [4.69, 9.17) is 16.3 Å². The van der Waals surface area contributed by atoms with Gasteiger partial charge in [0.25, 0.3) is 5.91 Å². The van der Waals surface area contributed by atoms with Gasteiger partial charge < -0.3 is 10.1 Å². The summed E-state index contributed by atoms with van der Waals surface area (Å²) in [7, 11) is -3.99. The fourth-order valence-corrected chi connectivity index (χ4v) is 5.86. The predicted molar refractivity (Wildman–Crippen MR) is 113 cm³/mol. The Hall–Kier alpha value is -2.45. The first-order chi connectivity index (χ1) is 14.2. The summed E-state index contributed by atoms with van der Waals surface area (Å²) in [6, 6.07) is 7.97. The van der Waals surface area contributed by atoms with Crippen LogP contribution in [0.2, 0.25) is 5.15 Å². The highest BCUT2D eigenvalue weighted by atomic mass is 35.5. The van der Waals surface area contributed by atoms with Crippen molar-refractivity contribution in [2.45, 2.75) is 49.2 Å². The summed E-state index contributed by atoms with van der Waals surface area (Å²) in [5.41, 5.74) is 2.06. The number of nitrogens with one attached hydrogen (secondary N) is 1. The third-order valence-electron chi connectivity index (χ3n) is 5.45. The molecule has 30 heavy (non-hydrogen) atoms. The number of benzene rings is 1. The van der Waals surface area contributed by atoms with Crippen LogP contribution in [0.1, 0.15) is 36.8 Å². The van der Waals surface area contributed by atoms with Crippen LogP contribution in [0.4, 0.5) is 5.69 Å². The van der Waals surface area contributed by atoms with Crippen molar-refractivity contribution >= 4 is 39.0 Å². The average Bonchev–Trinajstić information content (AvgIpc) is 3.22. The van der Waals surface area contributed by atoms with Crippen molar-refractivity contribution in [1.82, 2.24) is 4.98 Å². The Morgan fingerprint density at radius 1 is 1.17 bits per heavy atom. The van der Waals surface area contributed by atoms with Crippen LogP contribution < -0.4 is 5.32 Å². The molecule has 7 nitrogen and oxygen atoms in total. The van der Waals surface area contributed by atoms with Crippen LogP contribution in [0, 0.1) is 13.8 Å². The minimum absolute atomic E-state index is 0.0936. The van der Waals surface area contributed by atoms with Crippen LogP contribution in [0.3, 0.4) is 0 Å². The molecule has 0 radical (unpaired) electrons. The number of halogens is 1. The Morgan fingerprint density at radius 3 is 2.50 bits per heavy atom. The van der Waals surface area contributed by atoms with Gasteiger partial charge in [0, 0.05) is 6.20 Å². The van der Waals surface area contributed by atoms with Crippen molar-refractivity contribution < 1.29 is 22.7 Å². The van der Waals surface area contributed by atoms with Gasteiger partial charge in [-0.1, -0.05) is 30.5 Å². The molecule has 3 rings (SSSR count). The fourth-order valence-electron chi connectivity index (χ4n) is 3.56. The number of aryl methyl sites for hydroxylation is 2. The van der Waals surface area contributed by atoms with Gasteiger partial charge in [0.1, 0.15) is 0 Å². The summed E-state index contributed by atoms with van der Waals surface area (Å²) < 4.78 is 30.3. The van der Waals surface area contributed by atoms with Crippen molar-refractivity contribution in [3.63, 3.8) is 0 Å². The Kier molecular flexibility index (Phi) is 6.47. The van der Waals surface area contributed by atoms with Crippen LogP contribution in [-0.2, 0) is 24.2 Å². The van der Waals surface area contributed by atoms with E-state index in [2.05, 4.69) is 10.3 Å². The molecule has 1 aliphatic rings. The Balaban J connectivity index is 1.78. The predicted octanol–water partition coefficient (Wildman–Crippen LogP) is 3.62. The van der Waals surface area contributed by atoms with Crippen LogP contribution >= 0.6 is 11.6 Å². The molecular formula is C21H23ClN2O5S. The zero-order valence-electron chi connectivity index (χ0n) is 16.8. The second kappa shape index (κ2) is 8.73. The number of hydrogen-bond acceptors (Lipinski definition) is 6. The maximum Gasteiger partial charge on any atom is 0.328 e. The summed E-state index contributed by atoms with van der Waals surface area (Å²) in [5.74, 6) is -1.53. The Labute approximate surface area is 180 Å². The van der Waals surface area contributed by atoms with E-state index >= 15 is 0 Å². The van der Waals surface area contributed by atoms with E-state index in [-0.39, 0.29) is 28.6 Å². The van der Waals surface area contributed by atoms with E-state index in [0.29, 0.717) is 12.8 Å². The molecule has 1 heterocycles. The number of sulfone groups is 1. The van der Waals surface area contributed by atoms with Gasteiger partial charge >= 0.3 is 5.97 Å². The summed E-state index contributed by atoms with van der Waals surface area (Å²) in [5, 5.41) is 2.59. The van der Waals surface area contributed by atoms with Gasteiger partial charge in [0.15, 0.2) is 26.3 Å². The zero-order chi connectivity index (χ0) is 21.9. The molecule has 0 saturated heterocycles. The van der Waals surface area contributed by atoms with Gasteiger partial charge in [-0.25, -0.2) is 13.4 Å². The first-order valence-corrected chi connectivity index (χ1v) is 11.4. The van der Waals surface area contributed by atoms with Gasteiger partial charge in [0.05, 0.1) is 10.6 Å². The van der Waals surface area contributed by atoms with E-state index in [9.17, 15) is 18.0 Å². The van der Waals surface area contributed by atoms with Crippen LogP contribution in [0.15, 0.2) is 41.4 Å². The van der Waals surface area contributed by atoms with E-state index in [1.807, 2.05) is 13.8 Å². The minimum Gasteiger partial charge on any atom is -0.454 e. The molecule has 0 bridgehead atoms. The minimum atomic E-state index is -3.99. The number of ether oxygens (including phenoxy) is 1. The number of aromatic nitrogens is 1. The lowest BCUT2D eigenvalue weighted by atomic mass is 10.1.